The van der Waals surface area contributed by atoms with Crippen molar-refractivity contribution in [3.63, 3.8) is 0 Å². The third kappa shape index (κ3) is 4.95. The summed E-state index contributed by atoms with van der Waals surface area (Å²) in [5.74, 6) is 1.27. The molecule has 0 spiro atoms. The number of ether oxygens (including phenoxy) is 3. The van der Waals surface area contributed by atoms with Gasteiger partial charge in [0.2, 0.25) is 5.88 Å². The maximum Gasteiger partial charge on any atom is 0.260 e. The summed E-state index contributed by atoms with van der Waals surface area (Å²) in [6.45, 7) is 4.43. The molecule has 162 valence electrons. The first-order valence-corrected chi connectivity index (χ1v) is 10.4. The van der Waals surface area contributed by atoms with Gasteiger partial charge in [0.25, 0.3) is 5.91 Å². The standard InChI is InChI=1S/C23H26N4O4/c1-29-23-20(3-2-6-25-23)18-4-5-21(19(11-18)15-26-13-17(12-24)14-26)31-16-22(28)27-7-9-30-10-8-27/h2-6,11,17H,7-10,13-16H2,1H3. The Kier molecular flexibility index (Phi) is 6.65. The maximum absolute atomic E-state index is 12.5. The molecule has 2 fully saturated rings. The summed E-state index contributed by atoms with van der Waals surface area (Å²) in [6, 6.07) is 12.0. The SMILES string of the molecule is COc1ncccc1-c1ccc(OCC(=O)N2CCOCC2)c(CN2CC(C#N)C2)c1. The van der Waals surface area contributed by atoms with Gasteiger partial charge >= 0.3 is 0 Å². The van der Waals surface area contributed by atoms with Crippen LogP contribution in [-0.2, 0) is 16.1 Å². The Hall–Kier alpha value is -3.15. The van der Waals surface area contributed by atoms with Crippen molar-refractivity contribution in [2.45, 2.75) is 6.54 Å². The molecular formula is C23H26N4O4. The van der Waals surface area contributed by atoms with Crippen LogP contribution in [0.25, 0.3) is 11.1 Å². The molecule has 0 unspecified atom stereocenters. The highest BCUT2D eigenvalue weighted by molar-refractivity contribution is 5.78. The predicted octanol–water partition coefficient (Wildman–Crippen LogP) is 1.95. The summed E-state index contributed by atoms with van der Waals surface area (Å²) >= 11 is 0. The molecule has 0 radical (unpaired) electrons. The van der Waals surface area contributed by atoms with Gasteiger partial charge in [-0.05, 0) is 29.8 Å². The van der Waals surface area contributed by atoms with E-state index >= 15 is 0 Å². The van der Waals surface area contributed by atoms with Crippen LogP contribution in [0.5, 0.6) is 11.6 Å². The van der Waals surface area contributed by atoms with Crippen molar-refractivity contribution in [1.29, 1.82) is 5.26 Å². The van der Waals surface area contributed by atoms with Gasteiger partial charge in [-0.15, -0.1) is 0 Å². The normalized spacial score (nSPS) is 17.0. The first-order chi connectivity index (χ1) is 15.2. The van der Waals surface area contributed by atoms with E-state index in [0.29, 0.717) is 44.5 Å². The number of amides is 1. The molecule has 1 amide bonds. The van der Waals surface area contributed by atoms with E-state index in [1.165, 1.54) is 0 Å². The van der Waals surface area contributed by atoms with E-state index in [1.54, 1.807) is 18.2 Å². The molecule has 31 heavy (non-hydrogen) atoms. The van der Waals surface area contributed by atoms with Gasteiger partial charge in [-0.25, -0.2) is 4.98 Å². The Morgan fingerprint density at radius 3 is 2.84 bits per heavy atom. The molecule has 4 rings (SSSR count). The molecular weight excluding hydrogens is 396 g/mol. The smallest absolute Gasteiger partial charge is 0.260 e. The molecule has 1 aromatic carbocycles. The Labute approximate surface area is 181 Å². The van der Waals surface area contributed by atoms with E-state index in [4.69, 9.17) is 19.5 Å². The average molecular weight is 422 g/mol. The summed E-state index contributed by atoms with van der Waals surface area (Å²) in [5.41, 5.74) is 2.82. The highest BCUT2D eigenvalue weighted by Crippen LogP contribution is 2.33. The number of morpholine rings is 1. The first-order valence-electron chi connectivity index (χ1n) is 10.4. The summed E-state index contributed by atoms with van der Waals surface area (Å²) in [5, 5.41) is 9.07. The number of carbonyl (C=O) groups excluding carboxylic acids is 1. The van der Waals surface area contributed by atoms with E-state index in [2.05, 4.69) is 16.0 Å². The van der Waals surface area contributed by atoms with E-state index in [1.807, 2.05) is 30.3 Å². The Morgan fingerprint density at radius 1 is 1.29 bits per heavy atom. The number of hydrogen-bond donors (Lipinski definition) is 0. The number of nitriles is 1. The van der Waals surface area contributed by atoms with E-state index in [0.717, 1.165) is 29.8 Å². The molecule has 2 aromatic rings. The summed E-state index contributed by atoms with van der Waals surface area (Å²) in [6.07, 6.45) is 1.69. The fourth-order valence-electron chi connectivity index (χ4n) is 3.85. The molecule has 8 heteroatoms. The van der Waals surface area contributed by atoms with Gasteiger partial charge < -0.3 is 19.1 Å². The number of nitrogens with zero attached hydrogens (tertiary/aromatic N) is 4. The number of carbonyl (C=O) groups is 1. The topological polar surface area (TPSA) is 87.9 Å². The van der Waals surface area contributed by atoms with E-state index in [9.17, 15) is 4.79 Å². The third-order valence-electron chi connectivity index (χ3n) is 5.58. The zero-order valence-electron chi connectivity index (χ0n) is 17.6. The van der Waals surface area contributed by atoms with Gasteiger partial charge in [-0.3, -0.25) is 9.69 Å². The van der Waals surface area contributed by atoms with Gasteiger partial charge in [-0.1, -0.05) is 6.07 Å². The van der Waals surface area contributed by atoms with Crippen molar-refractivity contribution in [3.05, 3.63) is 42.1 Å². The maximum atomic E-state index is 12.5. The fourth-order valence-corrected chi connectivity index (χ4v) is 3.85. The van der Waals surface area contributed by atoms with Crippen LogP contribution in [0.3, 0.4) is 0 Å². The number of likely N-dealkylation sites (tertiary alicyclic amines) is 1. The van der Waals surface area contributed by atoms with Crippen LogP contribution in [0.15, 0.2) is 36.5 Å². The second-order valence-electron chi connectivity index (χ2n) is 7.68. The van der Waals surface area contributed by atoms with Crippen LogP contribution >= 0.6 is 0 Å². The molecule has 0 saturated carbocycles. The first kappa shape index (κ1) is 21.1. The molecule has 0 N–H and O–H groups in total. The summed E-state index contributed by atoms with van der Waals surface area (Å²) < 4.78 is 16.7. The third-order valence-corrected chi connectivity index (χ3v) is 5.58. The quantitative estimate of drug-likeness (QED) is 0.674. The number of rotatable bonds is 7. The predicted molar refractivity (Wildman–Crippen MR) is 113 cm³/mol. The average Bonchev–Trinajstić information content (AvgIpc) is 2.80. The minimum absolute atomic E-state index is 0.0105. The molecule has 2 aliphatic heterocycles. The highest BCUT2D eigenvalue weighted by Gasteiger charge is 2.27. The van der Waals surface area contributed by atoms with Crippen LogP contribution in [0.2, 0.25) is 0 Å². The lowest BCUT2D eigenvalue weighted by Gasteiger charge is -2.35. The van der Waals surface area contributed by atoms with Gasteiger partial charge in [0.05, 0.1) is 32.3 Å². The van der Waals surface area contributed by atoms with Crippen LogP contribution in [0, 0.1) is 17.2 Å². The Balaban J connectivity index is 1.53. The molecule has 3 heterocycles. The van der Waals surface area contributed by atoms with Crippen molar-refractivity contribution in [1.82, 2.24) is 14.8 Å². The van der Waals surface area contributed by atoms with Crippen LogP contribution in [0.4, 0.5) is 0 Å². The molecule has 2 aliphatic rings. The molecule has 2 saturated heterocycles. The summed E-state index contributed by atoms with van der Waals surface area (Å²) in [7, 11) is 1.60. The molecule has 8 nitrogen and oxygen atoms in total. The highest BCUT2D eigenvalue weighted by atomic mass is 16.5. The Morgan fingerprint density at radius 2 is 2.10 bits per heavy atom. The zero-order chi connectivity index (χ0) is 21.6. The van der Waals surface area contributed by atoms with Crippen molar-refractivity contribution in [2.24, 2.45) is 5.92 Å². The van der Waals surface area contributed by atoms with Crippen LogP contribution in [-0.4, -0.2) is 73.8 Å². The van der Waals surface area contributed by atoms with Crippen LogP contribution < -0.4 is 9.47 Å². The Bertz CT molecular complexity index is 962. The minimum Gasteiger partial charge on any atom is -0.483 e. The molecule has 0 atom stereocenters. The van der Waals surface area contributed by atoms with E-state index in [-0.39, 0.29) is 18.4 Å². The van der Waals surface area contributed by atoms with Gasteiger partial charge in [0.1, 0.15) is 5.75 Å². The van der Waals surface area contributed by atoms with Crippen molar-refractivity contribution in [3.8, 4) is 28.8 Å². The van der Waals surface area contributed by atoms with Crippen molar-refractivity contribution >= 4 is 5.91 Å². The number of methoxy groups -OCH3 is 1. The molecule has 0 bridgehead atoms. The minimum atomic E-state index is -0.0410. The fraction of sp³-hybridized carbons (Fsp3) is 0.435. The van der Waals surface area contributed by atoms with Gasteiger partial charge in [0, 0.05) is 50.0 Å². The molecule has 1 aromatic heterocycles. The number of benzene rings is 1. The lowest BCUT2D eigenvalue weighted by Crippen LogP contribution is -2.45. The van der Waals surface area contributed by atoms with Crippen molar-refractivity contribution < 1.29 is 19.0 Å². The summed E-state index contributed by atoms with van der Waals surface area (Å²) in [4.78, 5) is 20.8. The monoisotopic (exact) mass is 422 g/mol. The van der Waals surface area contributed by atoms with Crippen LogP contribution in [0.1, 0.15) is 5.56 Å². The van der Waals surface area contributed by atoms with Gasteiger partial charge in [0.15, 0.2) is 6.61 Å². The number of pyridine rings is 1. The zero-order valence-corrected chi connectivity index (χ0v) is 17.6. The second kappa shape index (κ2) is 9.77. The molecule has 0 aliphatic carbocycles. The number of aromatic nitrogens is 1. The van der Waals surface area contributed by atoms with E-state index < -0.39 is 0 Å². The lowest BCUT2D eigenvalue weighted by molar-refractivity contribution is -0.137. The largest absolute Gasteiger partial charge is 0.483 e. The van der Waals surface area contributed by atoms with Crippen molar-refractivity contribution in [2.75, 3.05) is 53.1 Å². The van der Waals surface area contributed by atoms with Gasteiger partial charge in [-0.2, -0.15) is 5.26 Å². The number of hydrogen-bond acceptors (Lipinski definition) is 7. The second-order valence-corrected chi connectivity index (χ2v) is 7.68. The lowest BCUT2D eigenvalue weighted by atomic mass is 9.99.